The quantitative estimate of drug-likeness (QED) is 0.591. The lowest BCUT2D eigenvalue weighted by molar-refractivity contribution is -0.137. The maximum absolute atomic E-state index is 12.8. The average molecular weight is 383 g/mol. The van der Waals surface area contributed by atoms with Crippen LogP contribution in [-0.4, -0.2) is 38.2 Å². The van der Waals surface area contributed by atoms with Gasteiger partial charge in [0.2, 0.25) is 5.78 Å². The van der Waals surface area contributed by atoms with Gasteiger partial charge in [-0.05, 0) is 30.5 Å². The lowest BCUT2D eigenvalue weighted by Crippen LogP contribution is -2.47. The minimum absolute atomic E-state index is 0.188. The largest absolute Gasteiger partial charge is 0.363 e. The van der Waals surface area contributed by atoms with Gasteiger partial charge in [0.05, 0.1) is 11.9 Å². The summed E-state index contributed by atoms with van der Waals surface area (Å²) in [5.74, 6) is -1.86. The third-order valence-corrected chi connectivity index (χ3v) is 4.84. The van der Waals surface area contributed by atoms with E-state index < -0.39 is 23.6 Å². The van der Waals surface area contributed by atoms with Crippen LogP contribution in [0, 0.1) is 6.92 Å². The van der Waals surface area contributed by atoms with E-state index in [0.717, 1.165) is 4.88 Å². The number of imidazole rings is 1. The number of aromatic nitrogens is 3. The normalized spacial score (nSPS) is 11.7. The number of pyridine rings is 1. The number of nitrogens with zero attached hydrogens (tertiary/aromatic N) is 3. The van der Waals surface area contributed by atoms with Crippen LogP contribution in [0.5, 0.6) is 0 Å². The number of aryl methyl sites for hydroxylation is 1. The summed E-state index contributed by atoms with van der Waals surface area (Å²) in [6.07, 6.45) is 4.81. The van der Waals surface area contributed by atoms with Gasteiger partial charge in [0.15, 0.2) is 0 Å². The molecule has 1 unspecified atom stereocenters. The Morgan fingerprint density at radius 2 is 2.00 bits per heavy atom. The highest BCUT2D eigenvalue weighted by Crippen LogP contribution is 2.15. The van der Waals surface area contributed by atoms with Gasteiger partial charge in [0.25, 0.3) is 11.8 Å². The molecule has 0 aromatic carbocycles. The Morgan fingerprint density at radius 1 is 1.26 bits per heavy atom. The van der Waals surface area contributed by atoms with E-state index in [1.54, 1.807) is 36.0 Å². The molecule has 0 aliphatic heterocycles. The molecular formula is C18H17N5O3S. The van der Waals surface area contributed by atoms with E-state index in [4.69, 9.17) is 5.73 Å². The van der Waals surface area contributed by atoms with Crippen LogP contribution in [0.3, 0.4) is 0 Å². The summed E-state index contributed by atoms with van der Waals surface area (Å²) in [5, 5.41) is 4.47. The third kappa shape index (κ3) is 4.09. The second-order valence-corrected chi connectivity index (χ2v) is 6.80. The van der Waals surface area contributed by atoms with Gasteiger partial charge in [-0.1, -0.05) is 6.07 Å². The van der Waals surface area contributed by atoms with Crippen LogP contribution in [-0.2, 0) is 16.0 Å². The number of carbonyl (C=O) groups excluding carboxylic acids is 3. The van der Waals surface area contributed by atoms with E-state index in [2.05, 4.69) is 15.3 Å². The predicted molar refractivity (Wildman–Crippen MR) is 99.6 cm³/mol. The molecule has 8 nitrogen and oxygen atoms in total. The number of Topliss-reactive ketones (excluding diaryl/α,β-unsaturated/α-hetero) is 1. The van der Waals surface area contributed by atoms with Crippen LogP contribution in [0.1, 0.15) is 21.2 Å². The SMILES string of the molecule is Cc1ncc(C(=O)NC(Cc2cccs2)C(=O)C(N)=O)n1-c1ccncc1. The van der Waals surface area contributed by atoms with Crippen molar-refractivity contribution in [3.63, 3.8) is 0 Å². The van der Waals surface area contributed by atoms with Gasteiger partial charge in [0.1, 0.15) is 17.6 Å². The standard InChI is InChI=1S/C18H17N5O3S/c1-11-21-10-15(23(11)12-4-6-20-7-5-12)18(26)22-14(16(24)17(19)25)9-13-3-2-8-27-13/h2-8,10,14H,9H2,1H3,(H2,19,25)(H,22,26). The molecular weight excluding hydrogens is 366 g/mol. The monoisotopic (exact) mass is 383 g/mol. The molecule has 3 aromatic rings. The first-order chi connectivity index (χ1) is 13.0. The highest BCUT2D eigenvalue weighted by molar-refractivity contribution is 7.09. The first kappa shape index (κ1) is 18.5. The summed E-state index contributed by atoms with van der Waals surface area (Å²) >= 11 is 1.43. The minimum atomic E-state index is -1.09. The number of nitrogens with one attached hydrogen (secondary N) is 1. The second kappa shape index (κ2) is 7.92. The van der Waals surface area contributed by atoms with E-state index in [9.17, 15) is 14.4 Å². The first-order valence-corrected chi connectivity index (χ1v) is 8.97. The summed E-state index contributed by atoms with van der Waals surface area (Å²) in [4.78, 5) is 45.4. The lowest BCUT2D eigenvalue weighted by atomic mass is 10.1. The zero-order chi connectivity index (χ0) is 19.4. The Balaban J connectivity index is 1.88. The zero-order valence-corrected chi connectivity index (χ0v) is 15.3. The number of primary amides is 1. The maximum Gasteiger partial charge on any atom is 0.287 e. The molecule has 3 heterocycles. The molecule has 0 saturated carbocycles. The fourth-order valence-corrected chi connectivity index (χ4v) is 3.42. The molecule has 3 rings (SSSR count). The molecule has 0 fully saturated rings. The van der Waals surface area contributed by atoms with Crippen molar-refractivity contribution < 1.29 is 14.4 Å². The number of hydrogen-bond donors (Lipinski definition) is 2. The Morgan fingerprint density at radius 3 is 2.63 bits per heavy atom. The van der Waals surface area contributed by atoms with Crippen LogP contribution in [0.2, 0.25) is 0 Å². The topological polar surface area (TPSA) is 120 Å². The van der Waals surface area contributed by atoms with E-state index in [0.29, 0.717) is 11.5 Å². The zero-order valence-electron chi connectivity index (χ0n) is 14.5. The third-order valence-electron chi connectivity index (χ3n) is 3.94. The fourth-order valence-electron chi connectivity index (χ4n) is 2.67. The highest BCUT2D eigenvalue weighted by atomic mass is 32.1. The van der Waals surface area contributed by atoms with Crippen LogP contribution >= 0.6 is 11.3 Å². The van der Waals surface area contributed by atoms with Crippen molar-refractivity contribution in [1.29, 1.82) is 0 Å². The van der Waals surface area contributed by atoms with Crippen molar-refractivity contribution in [1.82, 2.24) is 19.9 Å². The van der Waals surface area contributed by atoms with Gasteiger partial charge in [-0.2, -0.15) is 0 Å². The lowest BCUT2D eigenvalue weighted by Gasteiger charge is -2.16. The summed E-state index contributed by atoms with van der Waals surface area (Å²) in [6, 6.07) is 6.08. The summed E-state index contributed by atoms with van der Waals surface area (Å²) < 4.78 is 1.65. The Hall–Kier alpha value is -3.33. The molecule has 0 saturated heterocycles. The van der Waals surface area contributed by atoms with Crippen molar-refractivity contribution in [2.45, 2.75) is 19.4 Å². The van der Waals surface area contributed by atoms with Crippen LogP contribution in [0.4, 0.5) is 0 Å². The van der Waals surface area contributed by atoms with Gasteiger partial charge >= 0.3 is 0 Å². The molecule has 0 aliphatic carbocycles. The first-order valence-electron chi connectivity index (χ1n) is 8.09. The number of hydrogen-bond acceptors (Lipinski definition) is 6. The van der Waals surface area contributed by atoms with E-state index in [1.165, 1.54) is 17.5 Å². The molecule has 3 N–H and O–H groups in total. The molecule has 1 atom stereocenters. The van der Waals surface area contributed by atoms with Crippen molar-refractivity contribution in [2.24, 2.45) is 5.73 Å². The van der Waals surface area contributed by atoms with Crippen LogP contribution in [0.15, 0.2) is 48.2 Å². The van der Waals surface area contributed by atoms with E-state index in [1.807, 2.05) is 17.5 Å². The van der Waals surface area contributed by atoms with Crippen LogP contribution < -0.4 is 11.1 Å². The van der Waals surface area contributed by atoms with Crippen molar-refractivity contribution in [2.75, 3.05) is 0 Å². The highest BCUT2D eigenvalue weighted by Gasteiger charge is 2.27. The van der Waals surface area contributed by atoms with Gasteiger partial charge in [-0.15, -0.1) is 11.3 Å². The minimum Gasteiger partial charge on any atom is -0.363 e. The van der Waals surface area contributed by atoms with Crippen molar-refractivity contribution in [3.05, 3.63) is 64.6 Å². The van der Waals surface area contributed by atoms with Gasteiger partial charge in [-0.3, -0.25) is 23.9 Å². The smallest absolute Gasteiger partial charge is 0.287 e. The summed E-state index contributed by atoms with van der Waals surface area (Å²) in [6.45, 7) is 1.76. The number of nitrogens with two attached hydrogens (primary N) is 1. The number of ketones is 1. The van der Waals surface area contributed by atoms with Gasteiger partial charge in [-0.25, -0.2) is 4.98 Å². The number of amides is 2. The summed E-state index contributed by atoms with van der Waals surface area (Å²) in [7, 11) is 0. The fraction of sp³-hybridized carbons (Fsp3) is 0.167. The van der Waals surface area contributed by atoms with E-state index in [-0.39, 0.29) is 12.1 Å². The molecule has 0 radical (unpaired) electrons. The summed E-state index contributed by atoms with van der Waals surface area (Å²) in [5.41, 5.74) is 6.10. The van der Waals surface area contributed by atoms with Gasteiger partial charge in [0, 0.05) is 23.7 Å². The molecule has 3 aromatic heterocycles. The Kier molecular flexibility index (Phi) is 5.41. The number of thiophene rings is 1. The van der Waals surface area contributed by atoms with Gasteiger partial charge < -0.3 is 11.1 Å². The Labute approximate surface area is 159 Å². The molecule has 0 bridgehead atoms. The average Bonchev–Trinajstić information content (AvgIpc) is 3.30. The molecule has 9 heteroatoms. The molecule has 2 amide bonds. The maximum atomic E-state index is 12.8. The Bertz CT molecular complexity index is 966. The van der Waals surface area contributed by atoms with E-state index >= 15 is 0 Å². The number of carbonyl (C=O) groups is 3. The second-order valence-electron chi connectivity index (χ2n) is 5.77. The van der Waals surface area contributed by atoms with Crippen molar-refractivity contribution in [3.8, 4) is 5.69 Å². The number of rotatable bonds is 7. The molecule has 27 heavy (non-hydrogen) atoms. The molecule has 138 valence electrons. The molecule has 0 aliphatic rings. The molecule has 0 spiro atoms. The van der Waals surface area contributed by atoms with Crippen LogP contribution in [0.25, 0.3) is 5.69 Å². The predicted octanol–water partition coefficient (Wildman–Crippen LogP) is 1.03. The van der Waals surface area contributed by atoms with Crippen molar-refractivity contribution >= 4 is 28.9 Å².